The molecular weight excluding hydrogens is 319 g/mol. The zero-order valence-electron chi connectivity index (χ0n) is 9.44. The van der Waals surface area contributed by atoms with Crippen LogP contribution in [0.4, 0.5) is 0 Å². The lowest BCUT2D eigenvalue weighted by Crippen LogP contribution is -2.09. The first-order chi connectivity index (χ1) is 8.36. The van der Waals surface area contributed by atoms with Gasteiger partial charge in [-0.05, 0) is 49.3 Å². The van der Waals surface area contributed by atoms with E-state index in [4.69, 9.17) is 0 Å². The molecule has 0 saturated heterocycles. The molecule has 0 nitrogen and oxygen atoms in total. The summed E-state index contributed by atoms with van der Waals surface area (Å²) in [4.78, 5) is 0. The molecule has 3 rings (SSSR count). The summed E-state index contributed by atoms with van der Waals surface area (Å²) in [5, 5.41) is 0. The van der Waals surface area contributed by atoms with Gasteiger partial charge in [-0.3, -0.25) is 0 Å². The minimum absolute atomic E-state index is 0.432. The topological polar surface area (TPSA) is 0 Å². The minimum Gasteiger partial charge on any atom is -0.0698 e. The third kappa shape index (κ3) is 2.04. The van der Waals surface area contributed by atoms with Gasteiger partial charge in [0, 0.05) is 5.92 Å². The molecule has 0 radical (unpaired) electrons. The Balaban J connectivity index is 2.14. The Hall–Kier alpha value is -1.09. The Morgan fingerprint density at radius 2 is 1.59 bits per heavy atom. The lowest BCUT2D eigenvalue weighted by molar-refractivity contribution is 0.947. The second kappa shape index (κ2) is 4.65. The molecule has 2 aromatic rings. The molecule has 0 spiro atoms. The molecule has 1 aliphatic carbocycles. The summed E-state index contributed by atoms with van der Waals surface area (Å²) in [7, 11) is 0. The van der Waals surface area contributed by atoms with Gasteiger partial charge in [-0.2, -0.15) is 0 Å². The maximum absolute atomic E-state index is 2.48. The predicted molar refractivity (Wildman–Crippen MR) is 80.5 cm³/mol. The molecule has 1 atom stereocenters. The highest BCUT2D eigenvalue weighted by Gasteiger charge is 2.22. The van der Waals surface area contributed by atoms with Crippen LogP contribution in [-0.2, 0) is 6.42 Å². The zero-order chi connectivity index (χ0) is 11.7. The van der Waals surface area contributed by atoms with E-state index in [2.05, 4.69) is 83.3 Å². The zero-order valence-corrected chi connectivity index (χ0v) is 11.6. The van der Waals surface area contributed by atoms with E-state index in [0.717, 1.165) is 6.42 Å². The highest BCUT2D eigenvalue weighted by Crippen LogP contribution is 2.40. The monoisotopic (exact) mass is 332 g/mol. The standard InChI is InChI=1S/C16H13I/c17-15-11-10-12-6-4-5-9-14(12)16(15)13-7-2-1-3-8-13/h1-9,11,16H,10H2. The molecule has 0 N–H and O–H groups in total. The van der Waals surface area contributed by atoms with Crippen molar-refractivity contribution in [3.8, 4) is 0 Å². The Morgan fingerprint density at radius 1 is 0.882 bits per heavy atom. The number of rotatable bonds is 1. The Bertz CT molecular complexity index is 555. The molecule has 0 aliphatic heterocycles. The average molecular weight is 332 g/mol. The van der Waals surface area contributed by atoms with Gasteiger partial charge >= 0.3 is 0 Å². The predicted octanol–water partition coefficient (Wildman–Crippen LogP) is 4.69. The van der Waals surface area contributed by atoms with Gasteiger partial charge in [0.25, 0.3) is 0 Å². The highest BCUT2D eigenvalue weighted by molar-refractivity contribution is 14.1. The normalized spacial score (nSPS) is 18.4. The summed E-state index contributed by atoms with van der Waals surface area (Å²) in [6.07, 6.45) is 3.42. The fourth-order valence-corrected chi connectivity index (χ4v) is 3.38. The van der Waals surface area contributed by atoms with Crippen LogP contribution in [0, 0.1) is 0 Å². The van der Waals surface area contributed by atoms with Crippen molar-refractivity contribution in [2.45, 2.75) is 12.3 Å². The summed E-state index contributed by atoms with van der Waals surface area (Å²) >= 11 is 2.48. The molecule has 1 aliphatic rings. The fraction of sp³-hybridized carbons (Fsp3) is 0.125. The number of halogens is 1. The van der Waals surface area contributed by atoms with Crippen LogP contribution in [0.1, 0.15) is 22.6 Å². The molecule has 0 bridgehead atoms. The van der Waals surface area contributed by atoms with Gasteiger partial charge < -0.3 is 0 Å². The first kappa shape index (κ1) is 11.0. The van der Waals surface area contributed by atoms with Crippen molar-refractivity contribution in [3.05, 3.63) is 80.9 Å². The van der Waals surface area contributed by atoms with Crippen LogP contribution >= 0.6 is 22.6 Å². The van der Waals surface area contributed by atoms with Crippen molar-refractivity contribution in [3.63, 3.8) is 0 Å². The van der Waals surface area contributed by atoms with E-state index in [9.17, 15) is 0 Å². The number of hydrogen-bond donors (Lipinski definition) is 0. The van der Waals surface area contributed by atoms with E-state index < -0.39 is 0 Å². The molecule has 1 unspecified atom stereocenters. The highest BCUT2D eigenvalue weighted by atomic mass is 127. The molecule has 0 aromatic heterocycles. The minimum atomic E-state index is 0.432. The van der Waals surface area contributed by atoms with Crippen LogP contribution < -0.4 is 0 Å². The molecule has 1 heteroatoms. The number of fused-ring (bicyclic) bond motifs is 1. The molecule has 17 heavy (non-hydrogen) atoms. The van der Waals surface area contributed by atoms with Gasteiger partial charge in [0.15, 0.2) is 0 Å². The van der Waals surface area contributed by atoms with Crippen molar-refractivity contribution < 1.29 is 0 Å². The van der Waals surface area contributed by atoms with Gasteiger partial charge in [-0.1, -0.05) is 60.7 Å². The van der Waals surface area contributed by atoms with E-state index in [1.165, 1.54) is 20.3 Å². The van der Waals surface area contributed by atoms with Crippen molar-refractivity contribution in [1.82, 2.24) is 0 Å². The van der Waals surface area contributed by atoms with Crippen LogP contribution in [0.25, 0.3) is 0 Å². The number of hydrogen-bond acceptors (Lipinski definition) is 0. The average Bonchev–Trinajstić information content (AvgIpc) is 2.39. The Morgan fingerprint density at radius 3 is 2.41 bits per heavy atom. The van der Waals surface area contributed by atoms with Crippen LogP contribution in [0.3, 0.4) is 0 Å². The third-order valence-electron chi connectivity index (χ3n) is 3.29. The maximum atomic E-state index is 2.48. The van der Waals surface area contributed by atoms with E-state index in [0.29, 0.717) is 5.92 Å². The van der Waals surface area contributed by atoms with Crippen LogP contribution in [-0.4, -0.2) is 0 Å². The van der Waals surface area contributed by atoms with Crippen LogP contribution in [0.15, 0.2) is 64.3 Å². The van der Waals surface area contributed by atoms with Gasteiger partial charge in [0.2, 0.25) is 0 Å². The van der Waals surface area contributed by atoms with Crippen LogP contribution in [0.5, 0.6) is 0 Å². The fourth-order valence-electron chi connectivity index (χ4n) is 2.46. The smallest absolute Gasteiger partial charge is 0.0397 e. The first-order valence-electron chi connectivity index (χ1n) is 5.84. The molecule has 0 heterocycles. The largest absolute Gasteiger partial charge is 0.0698 e. The molecular formula is C16H13I. The van der Waals surface area contributed by atoms with Crippen molar-refractivity contribution in [2.24, 2.45) is 0 Å². The lowest BCUT2D eigenvalue weighted by atomic mass is 9.83. The second-order valence-corrected chi connectivity index (χ2v) is 5.58. The van der Waals surface area contributed by atoms with Crippen LogP contribution in [0.2, 0.25) is 0 Å². The molecule has 2 aromatic carbocycles. The third-order valence-corrected chi connectivity index (χ3v) is 4.35. The summed E-state index contributed by atoms with van der Waals surface area (Å²) in [6.45, 7) is 0. The first-order valence-corrected chi connectivity index (χ1v) is 6.92. The summed E-state index contributed by atoms with van der Waals surface area (Å²) in [5.74, 6) is 0.432. The van der Waals surface area contributed by atoms with Crippen molar-refractivity contribution >= 4 is 22.6 Å². The summed E-state index contributed by atoms with van der Waals surface area (Å²) in [6, 6.07) is 19.5. The lowest BCUT2D eigenvalue weighted by Gasteiger charge is -2.24. The van der Waals surface area contributed by atoms with Crippen molar-refractivity contribution in [1.29, 1.82) is 0 Å². The van der Waals surface area contributed by atoms with Gasteiger partial charge in [0.05, 0.1) is 0 Å². The van der Waals surface area contributed by atoms with E-state index in [1.54, 1.807) is 0 Å². The van der Waals surface area contributed by atoms with Gasteiger partial charge in [-0.25, -0.2) is 0 Å². The summed E-state index contributed by atoms with van der Waals surface area (Å²) in [5.41, 5.74) is 4.31. The molecule has 0 saturated carbocycles. The molecule has 0 amide bonds. The van der Waals surface area contributed by atoms with Gasteiger partial charge in [0.1, 0.15) is 0 Å². The Kier molecular flexibility index (Phi) is 3.02. The van der Waals surface area contributed by atoms with Crippen molar-refractivity contribution in [2.75, 3.05) is 0 Å². The number of benzene rings is 2. The quantitative estimate of drug-likeness (QED) is 0.665. The van der Waals surface area contributed by atoms with E-state index in [1.807, 2.05) is 0 Å². The SMILES string of the molecule is IC1=CCc2ccccc2C1c1ccccc1. The van der Waals surface area contributed by atoms with E-state index in [-0.39, 0.29) is 0 Å². The second-order valence-electron chi connectivity index (χ2n) is 4.34. The maximum Gasteiger partial charge on any atom is 0.0397 e. The molecule has 84 valence electrons. The Labute approximate surface area is 116 Å². The van der Waals surface area contributed by atoms with E-state index >= 15 is 0 Å². The number of allylic oxidation sites excluding steroid dienone is 2. The molecule has 0 fully saturated rings. The summed E-state index contributed by atoms with van der Waals surface area (Å²) < 4.78 is 1.44. The van der Waals surface area contributed by atoms with Gasteiger partial charge in [-0.15, -0.1) is 0 Å².